The zero-order valence-corrected chi connectivity index (χ0v) is 10.4. The first-order valence-electron chi connectivity index (χ1n) is 5.81. The van der Waals surface area contributed by atoms with Crippen molar-refractivity contribution >= 4 is 11.6 Å². The molecule has 4 heteroatoms. The van der Waals surface area contributed by atoms with Crippen molar-refractivity contribution in [1.29, 1.82) is 0 Å². The summed E-state index contributed by atoms with van der Waals surface area (Å²) in [6, 6.07) is 7.50. The number of nitrogens with one attached hydrogen (secondary N) is 1. The summed E-state index contributed by atoms with van der Waals surface area (Å²) in [6.07, 6.45) is 1.52. The second-order valence-electron chi connectivity index (χ2n) is 4.13. The topological polar surface area (TPSA) is 52.6 Å². The van der Waals surface area contributed by atoms with Gasteiger partial charge in [0.05, 0.1) is 0 Å². The molecule has 2 N–H and O–H groups in total. The average Bonchev–Trinajstić information content (AvgIpc) is 2.34. The van der Waals surface area contributed by atoms with Gasteiger partial charge < -0.3 is 15.3 Å². The van der Waals surface area contributed by atoms with Crippen LogP contribution in [0, 0.1) is 0 Å². The van der Waals surface area contributed by atoms with Gasteiger partial charge in [0.15, 0.2) is 0 Å². The number of carbonyl (C=O) groups excluding carboxylic acids is 1. The predicted molar refractivity (Wildman–Crippen MR) is 69.4 cm³/mol. The van der Waals surface area contributed by atoms with Crippen LogP contribution in [0.1, 0.15) is 23.2 Å². The van der Waals surface area contributed by atoms with Crippen LogP contribution < -0.4 is 10.2 Å². The lowest BCUT2D eigenvalue weighted by molar-refractivity contribution is 0.0952. The minimum Gasteiger partial charge on any atom is -0.396 e. The van der Waals surface area contributed by atoms with Gasteiger partial charge in [-0.15, -0.1) is 0 Å². The molecule has 0 unspecified atom stereocenters. The van der Waals surface area contributed by atoms with Gasteiger partial charge in [0.2, 0.25) is 0 Å². The highest BCUT2D eigenvalue weighted by Crippen LogP contribution is 2.13. The number of benzene rings is 1. The number of carbonyl (C=O) groups is 1. The van der Waals surface area contributed by atoms with Crippen molar-refractivity contribution in [3.63, 3.8) is 0 Å². The van der Waals surface area contributed by atoms with Gasteiger partial charge in [-0.05, 0) is 31.0 Å². The number of amides is 1. The highest BCUT2D eigenvalue weighted by atomic mass is 16.2. The Balaban J connectivity index is 2.53. The zero-order chi connectivity index (χ0) is 12.7. The largest absolute Gasteiger partial charge is 0.396 e. The minimum atomic E-state index is -0.0633. The Kier molecular flexibility index (Phi) is 5.49. The van der Waals surface area contributed by atoms with Crippen molar-refractivity contribution in [3.05, 3.63) is 29.8 Å². The van der Waals surface area contributed by atoms with E-state index in [2.05, 4.69) is 5.32 Å². The summed E-state index contributed by atoms with van der Waals surface area (Å²) in [4.78, 5) is 13.8. The molecule has 0 saturated carbocycles. The van der Waals surface area contributed by atoms with Crippen LogP contribution in [0.15, 0.2) is 24.3 Å². The van der Waals surface area contributed by atoms with Crippen LogP contribution in [0.2, 0.25) is 0 Å². The predicted octanol–water partition coefficient (Wildman–Crippen LogP) is 1.25. The van der Waals surface area contributed by atoms with Crippen LogP contribution in [-0.4, -0.2) is 38.3 Å². The normalized spacial score (nSPS) is 10.1. The summed E-state index contributed by atoms with van der Waals surface area (Å²) in [5.41, 5.74) is 1.67. The van der Waals surface area contributed by atoms with Crippen LogP contribution in [0.4, 0.5) is 5.69 Å². The Labute approximate surface area is 102 Å². The molecule has 1 amide bonds. The Morgan fingerprint density at radius 3 is 2.76 bits per heavy atom. The monoisotopic (exact) mass is 236 g/mol. The number of hydrogen-bond acceptors (Lipinski definition) is 3. The van der Waals surface area contributed by atoms with E-state index in [-0.39, 0.29) is 12.5 Å². The van der Waals surface area contributed by atoms with E-state index in [9.17, 15) is 4.79 Å². The Morgan fingerprint density at radius 1 is 1.35 bits per heavy atom. The van der Waals surface area contributed by atoms with Crippen molar-refractivity contribution in [1.82, 2.24) is 5.32 Å². The molecule has 0 atom stereocenters. The Bertz CT molecular complexity index is 364. The van der Waals surface area contributed by atoms with E-state index in [0.29, 0.717) is 12.1 Å². The number of unbranched alkanes of at least 4 members (excludes halogenated alkanes) is 1. The second kappa shape index (κ2) is 6.91. The van der Waals surface area contributed by atoms with E-state index in [0.717, 1.165) is 18.5 Å². The fourth-order valence-corrected chi connectivity index (χ4v) is 1.47. The molecule has 4 nitrogen and oxygen atoms in total. The third-order valence-electron chi connectivity index (χ3n) is 2.50. The molecular formula is C13H20N2O2. The summed E-state index contributed by atoms with van der Waals surface area (Å²) in [5, 5.41) is 11.5. The molecule has 0 radical (unpaired) electrons. The lowest BCUT2D eigenvalue weighted by Gasteiger charge is -2.13. The molecule has 0 bridgehead atoms. The molecule has 0 spiro atoms. The van der Waals surface area contributed by atoms with Gasteiger partial charge in [-0.3, -0.25) is 4.79 Å². The maximum atomic E-state index is 11.8. The minimum absolute atomic E-state index is 0.0633. The SMILES string of the molecule is CN(C)c1cccc(C(=O)NCCCCO)c1. The van der Waals surface area contributed by atoms with Crippen LogP contribution in [0.25, 0.3) is 0 Å². The molecule has 0 aromatic heterocycles. The molecule has 0 saturated heterocycles. The third kappa shape index (κ3) is 4.44. The molecule has 0 heterocycles. The van der Waals surface area contributed by atoms with E-state index in [1.807, 2.05) is 37.2 Å². The van der Waals surface area contributed by atoms with Crippen molar-refractivity contribution in [2.24, 2.45) is 0 Å². The Morgan fingerprint density at radius 2 is 2.12 bits per heavy atom. The quantitative estimate of drug-likeness (QED) is 0.731. The number of aliphatic hydroxyl groups excluding tert-OH is 1. The standard InChI is InChI=1S/C13H20N2O2/c1-15(2)12-7-5-6-11(10-12)13(17)14-8-3-4-9-16/h5-7,10,16H,3-4,8-9H2,1-2H3,(H,14,17). The van der Waals surface area contributed by atoms with Gasteiger partial charge >= 0.3 is 0 Å². The second-order valence-corrected chi connectivity index (χ2v) is 4.13. The molecule has 94 valence electrons. The van der Waals surface area contributed by atoms with Crippen LogP contribution in [0.5, 0.6) is 0 Å². The van der Waals surface area contributed by atoms with Gasteiger partial charge in [0.1, 0.15) is 0 Å². The van der Waals surface area contributed by atoms with E-state index in [4.69, 9.17) is 5.11 Å². The van der Waals surface area contributed by atoms with Gasteiger partial charge in [-0.25, -0.2) is 0 Å². The molecule has 17 heavy (non-hydrogen) atoms. The maximum absolute atomic E-state index is 11.8. The summed E-state index contributed by atoms with van der Waals surface area (Å²) >= 11 is 0. The number of hydrogen-bond donors (Lipinski definition) is 2. The lowest BCUT2D eigenvalue weighted by Crippen LogP contribution is -2.24. The van der Waals surface area contributed by atoms with Gasteiger partial charge in [-0.1, -0.05) is 6.07 Å². The van der Waals surface area contributed by atoms with Gasteiger partial charge in [0, 0.05) is 38.5 Å². The van der Waals surface area contributed by atoms with Crippen molar-refractivity contribution < 1.29 is 9.90 Å². The number of aliphatic hydroxyl groups is 1. The molecule has 1 aromatic rings. The molecular weight excluding hydrogens is 216 g/mol. The number of anilines is 1. The van der Waals surface area contributed by atoms with Crippen LogP contribution >= 0.6 is 0 Å². The molecule has 1 aromatic carbocycles. The highest BCUT2D eigenvalue weighted by molar-refractivity contribution is 5.95. The van der Waals surface area contributed by atoms with Crippen LogP contribution in [-0.2, 0) is 0 Å². The van der Waals surface area contributed by atoms with E-state index >= 15 is 0 Å². The molecule has 1 rings (SSSR count). The van der Waals surface area contributed by atoms with Crippen molar-refractivity contribution in [3.8, 4) is 0 Å². The summed E-state index contributed by atoms with van der Waals surface area (Å²) in [5.74, 6) is -0.0633. The van der Waals surface area contributed by atoms with E-state index in [1.54, 1.807) is 6.07 Å². The fourth-order valence-electron chi connectivity index (χ4n) is 1.47. The molecule has 0 aliphatic carbocycles. The summed E-state index contributed by atoms with van der Waals surface area (Å²) in [6.45, 7) is 0.775. The molecule has 0 fully saturated rings. The highest BCUT2D eigenvalue weighted by Gasteiger charge is 2.05. The average molecular weight is 236 g/mol. The first kappa shape index (κ1) is 13.5. The lowest BCUT2D eigenvalue weighted by atomic mass is 10.2. The van der Waals surface area contributed by atoms with Crippen molar-refractivity contribution in [2.45, 2.75) is 12.8 Å². The van der Waals surface area contributed by atoms with Gasteiger partial charge in [0.25, 0.3) is 5.91 Å². The third-order valence-corrected chi connectivity index (χ3v) is 2.50. The van der Waals surface area contributed by atoms with E-state index in [1.165, 1.54) is 0 Å². The number of rotatable bonds is 6. The Hall–Kier alpha value is -1.55. The smallest absolute Gasteiger partial charge is 0.251 e. The maximum Gasteiger partial charge on any atom is 0.251 e. The molecule has 0 aliphatic rings. The molecule has 0 aliphatic heterocycles. The first-order valence-corrected chi connectivity index (χ1v) is 5.81. The van der Waals surface area contributed by atoms with Crippen molar-refractivity contribution in [2.75, 3.05) is 32.1 Å². The summed E-state index contributed by atoms with van der Waals surface area (Å²) < 4.78 is 0. The summed E-state index contributed by atoms with van der Waals surface area (Å²) in [7, 11) is 3.89. The zero-order valence-electron chi connectivity index (χ0n) is 10.4. The van der Waals surface area contributed by atoms with E-state index < -0.39 is 0 Å². The number of nitrogens with zero attached hydrogens (tertiary/aromatic N) is 1. The first-order chi connectivity index (χ1) is 8.15. The van der Waals surface area contributed by atoms with Gasteiger partial charge in [-0.2, -0.15) is 0 Å². The van der Waals surface area contributed by atoms with Crippen LogP contribution in [0.3, 0.4) is 0 Å². The fraction of sp³-hybridized carbons (Fsp3) is 0.462.